The third kappa shape index (κ3) is 9.47. The molecule has 0 bridgehead atoms. The second-order valence-electron chi connectivity index (χ2n) is 3.48. The fraction of sp³-hybridized carbons (Fsp3) is 0.800. The van der Waals surface area contributed by atoms with E-state index in [-0.39, 0.29) is 10.7 Å². The molecule has 0 fully saturated rings. The Kier molecular flexibility index (Phi) is 4.04. The Balaban J connectivity index is 3.92. The number of hydrazine groups is 1. The van der Waals surface area contributed by atoms with Gasteiger partial charge in [-0.3, -0.25) is 5.43 Å². The largest absolute Gasteiger partial charge is 0.357 e. The van der Waals surface area contributed by atoms with Crippen molar-refractivity contribution in [2.75, 3.05) is 0 Å². The Morgan fingerprint density at radius 1 is 1.38 bits per heavy atom. The normalized spacial score (nSPS) is 12.3. The minimum absolute atomic E-state index is 0.168. The van der Waals surface area contributed by atoms with E-state index in [9.17, 15) is 8.42 Å². The number of thiocarbonyl (C=S) groups is 1. The molecule has 5 N–H and O–H groups in total. The Labute approximate surface area is 83.4 Å². The molecular weight excluding hydrogens is 212 g/mol. The summed E-state index contributed by atoms with van der Waals surface area (Å²) in [6.45, 7) is 5.66. The van der Waals surface area contributed by atoms with E-state index < -0.39 is 10.2 Å². The van der Waals surface area contributed by atoms with Crippen molar-refractivity contribution in [2.45, 2.75) is 26.3 Å². The van der Waals surface area contributed by atoms with Gasteiger partial charge in [-0.2, -0.15) is 8.42 Å². The fourth-order valence-electron chi connectivity index (χ4n) is 0.489. The van der Waals surface area contributed by atoms with Gasteiger partial charge in [-0.05, 0) is 33.0 Å². The predicted molar refractivity (Wildman–Crippen MR) is 54.9 cm³/mol. The monoisotopic (exact) mass is 226 g/mol. The molecule has 78 valence electrons. The van der Waals surface area contributed by atoms with Crippen LogP contribution in [0, 0.1) is 0 Å². The summed E-state index contributed by atoms with van der Waals surface area (Å²) in [5, 5.41) is 7.66. The molecule has 0 rings (SSSR count). The summed E-state index contributed by atoms with van der Waals surface area (Å²) in [5.41, 5.74) is 2.00. The zero-order chi connectivity index (χ0) is 10.7. The lowest BCUT2D eigenvalue weighted by molar-refractivity contribution is 0.503. The van der Waals surface area contributed by atoms with Gasteiger partial charge in [-0.15, -0.1) is 4.83 Å². The van der Waals surface area contributed by atoms with Crippen LogP contribution in [0.4, 0.5) is 0 Å². The molecule has 0 amide bonds. The number of nitrogens with two attached hydrogens (primary N) is 1. The smallest absolute Gasteiger partial charge is 0.291 e. The summed E-state index contributed by atoms with van der Waals surface area (Å²) in [7, 11) is -3.76. The van der Waals surface area contributed by atoms with Crippen molar-refractivity contribution >= 4 is 27.5 Å². The fourth-order valence-corrected chi connectivity index (χ4v) is 1.16. The van der Waals surface area contributed by atoms with Crippen LogP contribution in [-0.4, -0.2) is 19.1 Å². The third-order valence-corrected chi connectivity index (χ3v) is 1.39. The highest BCUT2D eigenvalue weighted by Crippen LogP contribution is 1.96. The molecule has 0 aromatic rings. The molecule has 0 spiro atoms. The first-order valence-electron chi connectivity index (χ1n) is 3.48. The van der Waals surface area contributed by atoms with Crippen LogP contribution in [0.25, 0.3) is 0 Å². The van der Waals surface area contributed by atoms with Gasteiger partial charge in [-0.1, -0.05) is 0 Å². The van der Waals surface area contributed by atoms with Crippen LogP contribution in [0.3, 0.4) is 0 Å². The van der Waals surface area contributed by atoms with E-state index in [1.165, 1.54) is 0 Å². The van der Waals surface area contributed by atoms with E-state index in [0.29, 0.717) is 0 Å². The van der Waals surface area contributed by atoms with E-state index in [1.807, 2.05) is 25.6 Å². The molecule has 13 heavy (non-hydrogen) atoms. The molecule has 6 nitrogen and oxygen atoms in total. The van der Waals surface area contributed by atoms with E-state index in [0.717, 1.165) is 0 Å². The molecule has 0 unspecified atom stereocenters. The van der Waals surface area contributed by atoms with Crippen molar-refractivity contribution in [1.82, 2.24) is 15.6 Å². The molecule has 0 aromatic carbocycles. The molecule has 0 saturated heterocycles. The zero-order valence-corrected chi connectivity index (χ0v) is 9.34. The van der Waals surface area contributed by atoms with Crippen molar-refractivity contribution < 1.29 is 8.42 Å². The summed E-state index contributed by atoms with van der Waals surface area (Å²) < 4.78 is 20.8. The third-order valence-electron chi connectivity index (χ3n) is 0.795. The van der Waals surface area contributed by atoms with Gasteiger partial charge in [0.1, 0.15) is 0 Å². The van der Waals surface area contributed by atoms with Gasteiger partial charge in [0.05, 0.1) is 0 Å². The quantitative estimate of drug-likeness (QED) is 0.356. The van der Waals surface area contributed by atoms with Crippen LogP contribution in [0.2, 0.25) is 0 Å². The second kappa shape index (κ2) is 4.18. The van der Waals surface area contributed by atoms with E-state index in [2.05, 4.69) is 15.9 Å². The maximum atomic E-state index is 10.4. The van der Waals surface area contributed by atoms with Crippen molar-refractivity contribution in [3.8, 4) is 0 Å². The standard InChI is InChI=1S/C5H14N4O2S2/c1-5(2,3)7-4(12)8-9-13(6,10)11/h9H,1-3H3,(H2,6,10,11)(H2,7,8,12). The van der Waals surface area contributed by atoms with Crippen LogP contribution in [-0.2, 0) is 10.2 Å². The molecule has 0 aromatic heterocycles. The molecule has 0 saturated carbocycles. The summed E-state index contributed by atoms with van der Waals surface area (Å²) >= 11 is 4.77. The van der Waals surface area contributed by atoms with Gasteiger partial charge in [0.25, 0.3) is 10.2 Å². The van der Waals surface area contributed by atoms with Gasteiger partial charge in [0.2, 0.25) is 0 Å². The van der Waals surface area contributed by atoms with E-state index in [1.54, 1.807) is 0 Å². The van der Waals surface area contributed by atoms with Crippen molar-refractivity contribution in [3.63, 3.8) is 0 Å². The minimum Gasteiger partial charge on any atom is -0.357 e. The molecule has 0 radical (unpaired) electrons. The first kappa shape index (κ1) is 12.6. The summed E-state index contributed by atoms with van der Waals surface area (Å²) in [5.74, 6) is 0. The van der Waals surface area contributed by atoms with Crippen LogP contribution in [0.1, 0.15) is 20.8 Å². The highest BCUT2D eigenvalue weighted by molar-refractivity contribution is 7.87. The molecule has 0 aliphatic carbocycles. The lowest BCUT2D eigenvalue weighted by Crippen LogP contribution is -2.53. The van der Waals surface area contributed by atoms with Gasteiger partial charge in [-0.25, -0.2) is 5.14 Å². The second-order valence-corrected chi connectivity index (χ2v) is 5.18. The Morgan fingerprint density at radius 2 is 1.85 bits per heavy atom. The first-order valence-corrected chi connectivity index (χ1v) is 5.43. The average molecular weight is 226 g/mol. The van der Waals surface area contributed by atoms with Crippen LogP contribution in [0.5, 0.6) is 0 Å². The minimum atomic E-state index is -3.76. The Hall–Kier alpha value is -0.440. The molecule has 8 heteroatoms. The topological polar surface area (TPSA) is 96.2 Å². The van der Waals surface area contributed by atoms with Gasteiger partial charge >= 0.3 is 0 Å². The van der Waals surface area contributed by atoms with Crippen molar-refractivity contribution in [2.24, 2.45) is 5.14 Å². The molecular formula is C5H14N4O2S2. The highest BCUT2D eigenvalue weighted by Gasteiger charge is 2.11. The van der Waals surface area contributed by atoms with Gasteiger partial charge < -0.3 is 5.32 Å². The van der Waals surface area contributed by atoms with Crippen LogP contribution in [0.15, 0.2) is 0 Å². The molecule has 0 heterocycles. The summed E-state index contributed by atoms with van der Waals surface area (Å²) in [6.07, 6.45) is 0. The molecule has 0 aliphatic heterocycles. The zero-order valence-electron chi connectivity index (χ0n) is 7.71. The maximum absolute atomic E-state index is 10.4. The summed E-state index contributed by atoms with van der Waals surface area (Å²) in [4.78, 5) is 1.84. The molecule has 0 aliphatic rings. The van der Waals surface area contributed by atoms with Gasteiger partial charge in [0, 0.05) is 5.54 Å². The van der Waals surface area contributed by atoms with Gasteiger partial charge in [0.15, 0.2) is 5.11 Å². The average Bonchev–Trinajstić information content (AvgIpc) is 1.78. The Bertz CT molecular complexity index is 279. The lowest BCUT2D eigenvalue weighted by Gasteiger charge is -2.22. The van der Waals surface area contributed by atoms with Crippen LogP contribution < -0.4 is 20.7 Å². The van der Waals surface area contributed by atoms with E-state index >= 15 is 0 Å². The maximum Gasteiger partial charge on any atom is 0.291 e. The molecule has 0 atom stereocenters. The Morgan fingerprint density at radius 3 is 2.15 bits per heavy atom. The number of hydrogen-bond acceptors (Lipinski definition) is 3. The highest BCUT2D eigenvalue weighted by atomic mass is 32.2. The summed E-state index contributed by atoms with van der Waals surface area (Å²) in [6, 6.07) is 0. The van der Waals surface area contributed by atoms with Crippen molar-refractivity contribution in [1.29, 1.82) is 0 Å². The number of hydrogen-bond donors (Lipinski definition) is 4. The van der Waals surface area contributed by atoms with E-state index in [4.69, 9.17) is 12.2 Å². The predicted octanol–water partition coefficient (Wildman–Crippen LogP) is -1.04. The lowest BCUT2D eigenvalue weighted by atomic mass is 10.1. The number of nitrogens with one attached hydrogen (secondary N) is 3. The first-order chi connectivity index (χ1) is 5.60. The van der Waals surface area contributed by atoms with Crippen LogP contribution >= 0.6 is 12.2 Å². The number of rotatable bonds is 2. The van der Waals surface area contributed by atoms with Crippen molar-refractivity contribution in [3.05, 3.63) is 0 Å². The SMILES string of the molecule is CC(C)(C)NC(=S)NNS(N)(=O)=O.